The van der Waals surface area contributed by atoms with Crippen LogP contribution in [0.1, 0.15) is 16.7 Å². The molecule has 0 aliphatic carbocycles. The Bertz CT molecular complexity index is 953. The van der Waals surface area contributed by atoms with Crippen molar-refractivity contribution in [2.75, 3.05) is 19.1 Å². The summed E-state index contributed by atoms with van der Waals surface area (Å²) >= 11 is 0. The summed E-state index contributed by atoms with van der Waals surface area (Å²) in [4.78, 5) is 2.09. The van der Waals surface area contributed by atoms with E-state index in [1.54, 1.807) is 7.11 Å². The number of nitrogens with zero attached hydrogens (tertiary/aromatic N) is 3. The number of amidine groups is 1. The van der Waals surface area contributed by atoms with Crippen molar-refractivity contribution in [2.24, 2.45) is 10.2 Å². The van der Waals surface area contributed by atoms with Gasteiger partial charge in [-0.1, -0.05) is 60.7 Å². The Kier molecular flexibility index (Phi) is 4.71. The molecule has 0 spiro atoms. The molecule has 0 saturated carbocycles. The highest BCUT2D eigenvalue weighted by atomic mass is 16.5. The van der Waals surface area contributed by atoms with Crippen molar-refractivity contribution in [2.45, 2.75) is 6.42 Å². The smallest absolute Gasteiger partial charge is 0.136 e. The van der Waals surface area contributed by atoms with Gasteiger partial charge in [0.05, 0.1) is 7.11 Å². The van der Waals surface area contributed by atoms with Crippen LogP contribution in [0.3, 0.4) is 0 Å². The van der Waals surface area contributed by atoms with Gasteiger partial charge in [-0.2, -0.15) is 0 Å². The van der Waals surface area contributed by atoms with Gasteiger partial charge in [0.2, 0.25) is 0 Å². The third-order valence-electron chi connectivity index (χ3n) is 4.74. The zero-order valence-electron chi connectivity index (χ0n) is 15.5. The molecular formula is C23H21N3O. The van der Waals surface area contributed by atoms with E-state index >= 15 is 0 Å². The minimum Gasteiger partial charge on any atom is -0.497 e. The third kappa shape index (κ3) is 3.47. The number of likely N-dealkylation sites (N-methyl/N-ethyl adjacent to an activating group) is 1. The number of anilines is 1. The molecule has 0 unspecified atom stereocenters. The van der Waals surface area contributed by atoms with Gasteiger partial charge >= 0.3 is 0 Å². The molecule has 134 valence electrons. The minimum absolute atomic E-state index is 0.739. The third-order valence-corrected chi connectivity index (χ3v) is 4.74. The van der Waals surface area contributed by atoms with Gasteiger partial charge in [0.15, 0.2) is 0 Å². The Labute approximate surface area is 159 Å². The molecule has 0 amide bonds. The summed E-state index contributed by atoms with van der Waals surface area (Å²) in [5.41, 5.74) is 5.31. The molecular weight excluding hydrogens is 334 g/mol. The SMILES string of the molecule is COc1ccc2c(c1)C/C(=N\N=C(c1ccccc1)c1ccccc1)N2C. The minimum atomic E-state index is 0.739. The first-order valence-electron chi connectivity index (χ1n) is 8.92. The fraction of sp³-hybridized carbons (Fsp3) is 0.130. The summed E-state index contributed by atoms with van der Waals surface area (Å²) in [5, 5.41) is 9.27. The lowest BCUT2D eigenvalue weighted by Crippen LogP contribution is -2.21. The molecule has 4 heteroatoms. The second-order valence-electron chi connectivity index (χ2n) is 6.43. The molecule has 1 aliphatic heterocycles. The Balaban J connectivity index is 1.72. The summed E-state index contributed by atoms with van der Waals surface area (Å²) in [7, 11) is 3.71. The van der Waals surface area contributed by atoms with Crippen molar-refractivity contribution in [3.8, 4) is 5.75 Å². The van der Waals surface area contributed by atoms with Gasteiger partial charge in [-0.05, 0) is 23.8 Å². The standard InChI is InChI=1S/C23H21N3O/c1-26-21-14-13-20(27-2)15-19(21)16-22(26)24-25-23(17-9-5-3-6-10-17)18-11-7-4-8-12-18/h3-15H,16H2,1-2H3/b24-22+. The normalized spacial score (nSPS) is 14.1. The van der Waals surface area contributed by atoms with Crippen LogP contribution < -0.4 is 9.64 Å². The van der Waals surface area contributed by atoms with Crippen LogP contribution in [0.25, 0.3) is 0 Å². The molecule has 4 rings (SSSR count). The Morgan fingerprint density at radius 3 is 2.11 bits per heavy atom. The summed E-state index contributed by atoms with van der Waals surface area (Å²) in [6.07, 6.45) is 0.739. The Morgan fingerprint density at radius 2 is 1.52 bits per heavy atom. The fourth-order valence-electron chi connectivity index (χ4n) is 3.27. The summed E-state index contributed by atoms with van der Waals surface area (Å²) in [6.45, 7) is 0. The van der Waals surface area contributed by atoms with Crippen LogP contribution in [-0.2, 0) is 6.42 Å². The van der Waals surface area contributed by atoms with E-state index in [9.17, 15) is 0 Å². The number of hydrogen-bond donors (Lipinski definition) is 0. The highest BCUT2D eigenvalue weighted by Crippen LogP contribution is 2.31. The second-order valence-corrected chi connectivity index (χ2v) is 6.43. The first kappa shape index (κ1) is 17.0. The lowest BCUT2D eigenvalue weighted by molar-refractivity contribution is 0.414. The molecule has 0 bridgehead atoms. The molecule has 0 aromatic heterocycles. The quantitative estimate of drug-likeness (QED) is 0.509. The molecule has 1 aliphatic rings. The second kappa shape index (κ2) is 7.46. The van der Waals surface area contributed by atoms with Crippen molar-refractivity contribution >= 4 is 17.2 Å². The van der Waals surface area contributed by atoms with Crippen molar-refractivity contribution in [1.82, 2.24) is 0 Å². The van der Waals surface area contributed by atoms with Gasteiger partial charge in [0, 0.05) is 30.3 Å². The van der Waals surface area contributed by atoms with Crippen molar-refractivity contribution in [1.29, 1.82) is 0 Å². The summed E-state index contributed by atoms with van der Waals surface area (Å²) in [6, 6.07) is 26.4. The van der Waals surface area contributed by atoms with Crippen LogP contribution in [0.5, 0.6) is 5.75 Å². The van der Waals surface area contributed by atoms with Gasteiger partial charge in [-0.3, -0.25) is 0 Å². The summed E-state index contributed by atoms with van der Waals surface area (Å²) in [5.74, 6) is 1.78. The van der Waals surface area contributed by atoms with Gasteiger partial charge < -0.3 is 9.64 Å². The molecule has 1 heterocycles. The number of ether oxygens (including phenoxy) is 1. The van der Waals surface area contributed by atoms with E-state index in [-0.39, 0.29) is 0 Å². The van der Waals surface area contributed by atoms with E-state index < -0.39 is 0 Å². The fourth-order valence-corrected chi connectivity index (χ4v) is 3.27. The monoisotopic (exact) mass is 355 g/mol. The molecule has 0 saturated heterocycles. The molecule has 0 N–H and O–H groups in total. The molecule has 4 nitrogen and oxygen atoms in total. The van der Waals surface area contributed by atoms with Crippen LogP contribution in [0.4, 0.5) is 5.69 Å². The van der Waals surface area contributed by atoms with E-state index in [1.807, 2.05) is 49.5 Å². The molecule has 0 atom stereocenters. The molecule has 0 radical (unpaired) electrons. The number of fused-ring (bicyclic) bond motifs is 1. The number of methoxy groups -OCH3 is 1. The van der Waals surface area contributed by atoms with Gasteiger partial charge in [-0.15, -0.1) is 10.2 Å². The van der Waals surface area contributed by atoms with Gasteiger partial charge in [0.1, 0.15) is 17.3 Å². The van der Waals surface area contributed by atoms with E-state index in [0.29, 0.717) is 0 Å². The number of benzene rings is 3. The molecule has 3 aromatic carbocycles. The first-order valence-corrected chi connectivity index (χ1v) is 8.92. The predicted molar refractivity (Wildman–Crippen MR) is 111 cm³/mol. The highest BCUT2D eigenvalue weighted by Gasteiger charge is 2.23. The van der Waals surface area contributed by atoms with E-state index in [2.05, 4.69) is 51.5 Å². The number of rotatable bonds is 4. The zero-order valence-corrected chi connectivity index (χ0v) is 15.5. The van der Waals surface area contributed by atoms with Crippen LogP contribution >= 0.6 is 0 Å². The summed E-state index contributed by atoms with van der Waals surface area (Å²) < 4.78 is 5.34. The van der Waals surface area contributed by atoms with Crippen LogP contribution in [-0.4, -0.2) is 25.7 Å². The Hall–Kier alpha value is -3.40. The average molecular weight is 355 g/mol. The Morgan fingerprint density at radius 1 is 0.889 bits per heavy atom. The zero-order chi connectivity index (χ0) is 18.6. The van der Waals surface area contributed by atoms with Crippen molar-refractivity contribution < 1.29 is 4.74 Å². The first-order chi connectivity index (χ1) is 13.3. The van der Waals surface area contributed by atoms with Crippen molar-refractivity contribution in [3.63, 3.8) is 0 Å². The van der Waals surface area contributed by atoms with Crippen LogP contribution in [0.2, 0.25) is 0 Å². The van der Waals surface area contributed by atoms with Gasteiger partial charge in [-0.25, -0.2) is 0 Å². The molecule has 27 heavy (non-hydrogen) atoms. The van der Waals surface area contributed by atoms with Crippen LogP contribution in [0, 0.1) is 0 Å². The maximum atomic E-state index is 5.34. The largest absolute Gasteiger partial charge is 0.497 e. The highest BCUT2D eigenvalue weighted by molar-refractivity contribution is 6.13. The maximum absolute atomic E-state index is 5.34. The van der Waals surface area contributed by atoms with E-state index in [0.717, 1.165) is 40.5 Å². The maximum Gasteiger partial charge on any atom is 0.136 e. The lowest BCUT2D eigenvalue weighted by atomic mass is 10.0. The molecule has 0 fully saturated rings. The molecule has 3 aromatic rings. The van der Waals surface area contributed by atoms with Crippen LogP contribution in [0.15, 0.2) is 89.1 Å². The predicted octanol–water partition coefficient (Wildman–Crippen LogP) is 4.54. The average Bonchev–Trinajstić information content (AvgIpc) is 3.05. The lowest BCUT2D eigenvalue weighted by Gasteiger charge is -2.13. The number of hydrogen-bond acceptors (Lipinski definition) is 3. The topological polar surface area (TPSA) is 37.2 Å². The van der Waals surface area contributed by atoms with Crippen molar-refractivity contribution in [3.05, 3.63) is 95.6 Å². The van der Waals surface area contributed by atoms with E-state index in [4.69, 9.17) is 4.74 Å². The van der Waals surface area contributed by atoms with E-state index in [1.165, 1.54) is 5.56 Å². The van der Waals surface area contributed by atoms with Gasteiger partial charge in [0.25, 0.3) is 0 Å².